The lowest BCUT2D eigenvalue weighted by atomic mass is 9.98. The Morgan fingerprint density at radius 1 is 1.12 bits per heavy atom. The van der Waals surface area contributed by atoms with Gasteiger partial charge in [-0.1, -0.05) is 30.3 Å². The number of morpholine rings is 1. The molecule has 134 valence electrons. The molecule has 0 spiro atoms. The van der Waals surface area contributed by atoms with Crippen LogP contribution in [0, 0.1) is 0 Å². The van der Waals surface area contributed by atoms with Crippen molar-refractivity contribution in [2.45, 2.75) is 51.3 Å². The van der Waals surface area contributed by atoms with Crippen molar-refractivity contribution in [3.8, 4) is 0 Å². The van der Waals surface area contributed by atoms with Crippen LogP contribution in [0.1, 0.15) is 44.8 Å². The fourth-order valence-corrected chi connectivity index (χ4v) is 3.71. The molecular formula is C19H24N2O4. The van der Waals surface area contributed by atoms with Crippen LogP contribution in [0.5, 0.6) is 0 Å². The summed E-state index contributed by atoms with van der Waals surface area (Å²) < 4.78 is 5.97. The van der Waals surface area contributed by atoms with E-state index >= 15 is 0 Å². The molecule has 1 aromatic carbocycles. The Balaban J connectivity index is 1.67. The number of carbonyl (C=O) groups is 3. The third kappa shape index (κ3) is 3.58. The average Bonchev–Trinajstić information content (AvgIpc) is 2.92. The first-order valence-electron chi connectivity index (χ1n) is 8.80. The SMILES string of the molecule is C[C@@H]1CO[C@H](c2ccccc2)[C@H](C)N1C(=O)CCN1C(=O)CCC1=O. The minimum absolute atomic E-state index is 0.0348. The maximum absolute atomic E-state index is 12.8. The van der Waals surface area contributed by atoms with Gasteiger partial charge in [-0.25, -0.2) is 0 Å². The number of hydrogen-bond acceptors (Lipinski definition) is 4. The molecule has 1 aromatic rings. The second kappa shape index (κ2) is 7.35. The van der Waals surface area contributed by atoms with Gasteiger partial charge in [0.1, 0.15) is 6.10 Å². The number of nitrogens with zero attached hydrogens (tertiary/aromatic N) is 2. The van der Waals surface area contributed by atoms with Gasteiger partial charge in [0, 0.05) is 25.8 Å². The van der Waals surface area contributed by atoms with Crippen LogP contribution in [-0.4, -0.2) is 52.8 Å². The maximum atomic E-state index is 12.8. The molecule has 0 aliphatic carbocycles. The molecule has 3 atom stereocenters. The van der Waals surface area contributed by atoms with E-state index < -0.39 is 0 Å². The van der Waals surface area contributed by atoms with E-state index in [1.165, 1.54) is 4.90 Å². The quantitative estimate of drug-likeness (QED) is 0.783. The fraction of sp³-hybridized carbons (Fsp3) is 0.526. The average molecular weight is 344 g/mol. The maximum Gasteiger partial charge on any atom is 0.229 e. The van der Waals surface area contributed by atoms with Crippen LogP contribution in [0.3, 0.4) is 0 Å². The lowest BCUT2D eigenvalue weighted by Gasteiger charge is -2.44. The van der Waals surface area contributed by atoms with Crippen LogP contribution in [0.25, 0.3) is 0 Å². The Labute approximate surface area is 147 Å². The summed E-state index contributed by atoms with van der Waals surface area (Å²) >= 11 is 0. The van der Waals surface area contributed by atoms with E-state index in [9.17, 15) is 14.4 Å². The molecule has 0 radical (unpaired) electrons. The molecule has 0 N–H and O–H groups in total. The van der Waals surface area contributed by atoms with Crippen LogP contribution in [0.4, 0.5) is 0 Å². The topological polar surface area (TPSA) is 66.9 Å². The van der Waals surface area contributed by atoms with Crippen molar-refractivity contribution >= 4 is 17.7 Å². The highest BCUT2D eigenvalue weighted by Crippen LogP contribution is 2.31. The summed E-state index contributed by atoms with van der Waals surface area (Å²) in [5.74, 6) is -0.400. The van der Waals surface area contributed by atoms with Gasteiger partial charge in [0.05, 0.1) is 18.7 Å². The van der Waals surface area contributed by atoms with Gasteiger partial charge in [0.2, 0.25) is 17.7 Å². The summed E-state index contributed by atoms with van der Waals surface area (Å²) in [6, 6.07) is 9.73. The van der Waals surface area contributed by atoms with E-state index in [0.717, 1.165) is 5.56 Å². The van der Waals surface area contributed by atoms with Crippen molar-refractivity contribution in [2.24, 2.45) is 0 Å². The summed E-state index contributed by atoms with van der Waals surface area (Å²) in [6.07, 6.45) is 0.505. The summed E-state index contributed by atoms with van der Waals surface area (Å²) in [5.41, 5.74) is 1.05. The normalized spacial score (nSPS) is 27.0. The molecule has 2 heterocycles. The number of benzene rings is 1. The highest BCUT2D eigenvalue weighted by molar-refractivity contribution is 6.02. The molecule has 2 fully saturated rings. The standard InChI is InChI=1S/C19H24N2O4/c1-13-12-25-19(15-6-4-3-5-7-15)14(2)21(13)18(24)10-11-20-16(22)8-9-17(20)23/h3-7,13-14,19H,8-12H2,1-2H3/t13-,14+,19+/m1/s1. The van der Waals surface area contributed by atoms with E-state index in [2.05, 4.69) is 0 Å². The van der Waals surface area contributed by atoms with Crippen molar-refractivity contribution < 1.29 is 19.1 Å². The lowest BCUT2D eigenvalue weighted by molar-refractivity contribution is -0.154. The van der Waals surface area contributed by atoms with Crippen LogP contribution < -0.4 is 0 Å². The third-order valence-electron chi connectivity index (χ3n) is 4.99. The number of rotatable bonds is 4. The van der Waals surface area contributed by atoms with E-state index in [1.54, 1.807) is 0 Å². The molecule has 2 saturated heterocycles. The van der Waals surface area contributed by atoms with Gasteiger partial charge in [-0.15, -0.1) is 0 Å². The first-order valence-corrected chi connectivity index (χ1v) is 8.80. The number of ether oxygens (including phenoxy) is 1. The zero-order valence-corrected chi connectivity index (χ0v) is 14.7. The number of likely N-dealkylation sites (tertiary alicyclic amines) is 1. The Kier molecular flexibility index (Phi) is 5.18. The van der Waals surface area contributed by atoms with Crippen LogP contribution in [0.15, 0.2) is 30.3 Å². The van der Waals surface area contributed by atoms with Crippen LogP contribution in [-0.2, 0) is 19.1 Å². The van der Waals surface area contributed by atoms with Gasteiger partial charge in [0.15, 0.2) is 0 Å². The lowest BCUT2D eigenvalue weighted by Crippen LogP contribution is -2.54. The van der Waals surface area contributed by atoms with Gasteiger partial charge in [-0.2, -0.15) is 0 Å². The first-order chi connectivity index (χ1) is 12.0. The van der Waals surface area contributed by atoms with Gasteiger partial charge in [-0.3, -0.25) is 19.3 Å². The van der Waals surface area contributed by atoms with E-state index in [-0.39, 0.29) is 61.7 Å². The smallest absolute Gasteiger partial charge is 0.229 e. The molecule has 6 nitrogen and oxygen atoms in total. The summed E-state index contributed by atoms with van der Waals surface area (Å²) in [5, 5.41) is 0. The highest BCUT2D eigenvalue weighted by atomic mass is 16.5. The molecule has 2 aliphatic heterocycles. The second-order valence-corrected chi connectivity index (χ2v) is 6.74. The molecule has 0 aromatic heterocycles. The summed E-state index contributed by atoms with van der Waals surface area (Å²) in [4.78, 5) is 39.2. The molecule has 0 bridgehead atoms. The monoisotopic (exact) mass is 344 g/mol. The summed E-state index contributed by atoms with van der Waals surface area (Å²) in [6.45, 7) is 4.58. The van der Waals surface area contributed by atoms with Crippen LogP contribution >= 0.6 is 0 Å². The number of hydrogen-bond donors (Lipinski definition) is 0. The zero-order valence-electron chi connectivity index (χ0n) is 14.7. The Bertz CT molecular complexity index is 645. The number of amides is 3. The molecule has 2 aliphatic rings. The van der Waals surface area contributed by atoms with Crippen LogP contribution in [0.2, 0.25) is 0 Å². The Hall–Kier alpha value is -2.21. The van der Waals surface area contributed by atoms with Crippen molar-refractivity contribution in [1.29, 1.82) is 0 Å². The zero-order chi connectivity index (χ0) is 18.0. The predicted octanol–water partition coefficient (Wildman–Crippen LogP) is 1.90. The minimum Gasteiger partial charge on any atom is -0.369 e. The second-order valence-electron chi connectivity index (χ2n) is 6.74. The van der Waals surface area contributed by atoms with E-state index in [1.807, 2.05) is 49.1 Å². The Morgan fingerprint density at radius 3 is 2.40 bits per heavy atom. The van der Waals surface area contributed by atoms with Crippen molar-refractivity contribution in [3.63, 3.8) is 0 Å². The first kappa shape index (κ1) is 17.6. The third-order valence-corrected chi connectivity index (χ3v) is 4.99. The van der Waals surface area contributed by atoms with Crippen molar-refractivity contribution in [1.82, 2.24) is 9.80 Å². The highest BCUT2D eigenvalue weighted by Gasteiger charge is 2.37. The van der Waals surface area contributed by atoms with Gasteiger partial charge in [-0.05, 0) is 19.4 Å². The fourth-order valence-electron chi connectivity index (χ4n) is 3.71. The van der Waals surface area contributed by atoms with E-state index in [0.29, 0.717) is 6.61 Å². The molecule has 3 rings (SSSR count). The van der Waals surface area contributed by atoms with E-state index in [4.69, 9.17) is 4.74 Å². The molecule has 0 unspecified atom stereocenters. The molecule has 3 amide bonds. The number of imide groups is 1. The number of carbonyl (C=O) groups excluding carboxylic acids is 3. The van der Waals surface area contributed by atoms with Gasteiger partial charge in [0.25, 0.3) is 0 Å². The molecular weight excluding hydrogens is 320 g/mol. The predicted molar refractivity (Wildman–Crippen MR) is 91.5 cm³/mol. The summed E-state index contributed by atoms with van der Waals surface area (Å²) in [7, 11) is 0. The molecule has 0 saturated carbocycles. The van der Waals surface area contributed by atoms with Crippen molar-refractivity contribution in [2.75, 3.05) is 13.2 Å². The van der Waals surface area contributed by atoms with Crippen molar-refractivity contribution in [3.05, 3.63) is 35.9 Å². The largest absolute Gasteiger partial charge is 0.369 e. The molecule has 25 heavy (non-hydrogen) atoms. The minimum atomic E-state index is -0.178. The Morgan fingerprint density at radius 2 is 1.76 bits per heavy atom. The molecule has 6 heteroatoms. The van der Waals surface area contributed by atoms with Gasteiger partial charge >= 0.3 is 0 Å². The van der Waals surface area contributed by atoms with Gasteiger partial charge < -0.3 is 9.64 Å².